The molecular weight excluding hydrogens is 266 g/mol. The molecule has 0 saturated carbocycles. The molecule has 19 heavy (non-hydrogen) atoms. The van der Waals surface area contributed by atoms with Gasteiger partial charge in [-0.15, -0.1) is 11.3 Å². The lowest BCUT2D eigenvalue weighted by molar-refractivity contribution is -0.156. The van der Waals surface area contributed by atoms with E-state index in [0.29, 0.717) is 13.0 Å². The van der Waals surface area contributed by atoms with Crippen LogP contribution in [0.25, 0.3) is 0 Å². The van der Waals surface area contributed by atoms with Gasteiger partial charge < -0.3 is 9.64 Å². The highest BCUT2D eigenvalue weighted by molar-refractivity contribution is 7.10. The molecular formula is C13H15NO4S. The van der Waals surface area contributed by atoms with Gasteiger partial charge in [0.15, 0.2) is 0 Å². The molecule has 2 rings (SSSR count). The number of carbonyl (C=O) groups is 3. The first-order chi connectivity index (χ1) is 9.08. The smallest absolute Gasteiger partial charge is 0.328 e. The third-order valence-corrected chi connectivity index (χ3v) is 4.18. The summed E-state index contributed by atoms with van der Waals surface area (Å²) in [6.07, 6.45) is 0.550. The van der Waals surface area contributed by atoms with E-state index >= 15 is 0 Å². The highest BCUT2D eigenvalue weighted by Gasteiger charge is 2.37. The molecule has 0 N–H and O–H groups in total. The predicted molar refractivity (Wildman–Crippen MR) is 69.7 cm³/mol. The molecule has 102 valence electrons. The van der Waals surface area contributed by atoms with Gasteiger partial charge in [-0.2, -0.15) is 0 Å². The minimum Gasteiger partial charge on any atom is -0.467 e. The molecule has 1 unspecified atom stereocenters. The van der Waals surface area contributed by atoms with E-state index in [4.69, 9.17) is 4.74 Å². The number of hydrogen-bond donors (Lipinski definition) is 0. The molecule has 0 aliphatic carbocycles. The maximum absolute atomic E-state index is 12.1. The van der Waals surface area contributed by atoms with E-state index in [9.17, 15) is 14.4 Å². The fraction of sp³-hybridized carbons (Fsp3) is 0.462. The Kier molecular flexibility index (Phi) is 3.99. The fourth-order valence-electron chi connectivity index (χ4n) is 2.14. The molecule has 5 nitrogen and oxygen atoms in total. The van der Waals surface area contributed by atoms with Gasteiger partial charge in [-0.3, -0.25) is 9.59 Å². The van der Waals surface area contributed by atoms with Crippen molar-refractivity contribution in [1.29, 1.82) is 0 Å². The number of thiophene rings is 1. The topological polar surface area (TPSA) is 63.7 Å². The van der Waals surface area contributed by atoms with Crippen molar-refractivity contribution >= 4 is 29.0 Å². The number of ketones is 1. The maximum atomic E-state index is 12.1. The van der Waals surface area contributed by atoms with Crippen LogP contribution in [0.3, 0.4) is 0 Å². The molecule has 1 aliphatic heterocycles. The lowest BCUT2D eigenvalue weighted by Crippen LogP contribution is -2.50. The summed E-state index contributed by atoms with van der Waals surface area (Å²) in [7, 11) is 1.29. The van der Waals surface area contributed by atoms with Crippen LogP contribution in [0.15, 0.2) is 11.4 Å². The van der Waals surface area contributed by atoms with Crippen LogP contribution in [0.5, 0.6) is 0 Å². The number of Topliss-reactive ketones (excluding diaryl/α,β-unsaturated/α-hetero) is 1. The fourth-order valence-corrected chi connectivity index (χ4v) is 3.06. The molecule has 0 fully saturated rings. The van der Waals surface area contributed by atoms with Gasteiger partial charge in [-0.25, -0.2) is 4.79 Å². The zero-order valence-electron chi connectivity index (χ0n) is 10.8. The Hall–Kier alpha value is -1.69. The second kappa shape index (κ2) is 5.52. The molecule has 6 heteroatoms. The molecule has 1 aromatic rings. The van der Waals surface area contributed by atoms with E-state index in [1.165, 1.54) is 23.3 Å². The van der Waals surface area contributed by atoms with E-state index in [1.54, 1.807) is 6.92 Å². The summed E-state index contributed by atoms with van der Waals surface area (Å²) in [5.74, 6) is -1.56. The van der Waals surface area contributed by atoms with Crippen molar-refractivity contribution in [3.63, 3.8) is 0 Å². The summed E-state index contributed by atoms with van der Waals surface area (Å²) in [6.45, 7) is 1.94. The Balaban J connectivity index is 2.31. The summed E-state index contributed by atoms with van der Waals surface area (Å²) in [5, 5.41) is 1.93. The number of nitrogens with zero attached hydrogens (tertiary/aromatic N) is 1. The van der Waals surface area contributed by atoms with E-state index in [-0.39, 0.29) is 6.42 Å². The van der Waals surface area contributed by atoms with Crippen LogP contribution < -0.4 is 0 Å². The van der Waals surface area contributed by atoms with E-state index in [2.05, 4.69) is 0 Å². The van der Waals surface area contributed by atoms with Gasteiger partial charge in [0.1, 0.15) is 6.04 Å². The molecule has 1 aromatic heterocycles. The van der Waals surface area contributed by atoms with Crippen molar-refractivity contribution in [3.05, 3.63) is 21.9 Å². The predicted octanol–water partition coefficient (Wildman–Crippen LogP) is 1.15. The van der Waals surface area contributed by atoms with Crippen LogP contribution in [0.2, 0.25) is 0 Å². The summed E-state index contributed by atoms with van der Waals surface area (Å²) < 4.78 is 4.73. The molecule has 1 atom stereocenters. The monoisotopic (exact) mass is 281 g/mol. The van der Waals surface area contributed by atoms with Gasteiger partial charge in [0, 0.05) is 17.7 Å². The quantitative estimate of drug-likeness (QED) is 0.616. The van der Waals surface area contributed by atoms with Crippen LogP contribution in [0, 0.1) is 0 Å². The lowest BCUT2D eigenvalue weighted by Gasteiger charge is -2.33. The van der Waals surface area contributed by atoms with Crippen molar-refractivity contribution in [3.8, 4) is 0 Å². The Labute approximate surface area is 115 Å². The van der Waals surface area contributed by atoms with Crippen LogP contribution in [-0.4, -0.2) is 35.7 Å². The van der Waals surface area contributed by atoms with Crippen LogP contribution >= 0.6 is 11.3 Å². The third kappa shape index (κ3) is 2.53. The van der Waals surface area contributed by atoms with Crippen LogP contribution in [0.4, 0.5) is 0 Å². The zero-order valence-corrected chi connectivity index (χ0v) is 11.7. The third-order valence-electron chi connectivity index (χ3n) is 3.23. The summed E-state index contributed by atoms with van der Waals surface area (Å²) >= 11 is 1.53. The first-order valence-corrected chi connectivity index (χ1v) is 6.93. The summed E-state index contributed by atoms with van der Waals surface area (Å²) in [4.78, 5) is 37.8. The number of esters is 1. The van der Waals surface area contributed by atoms with Gasteiger partial charge in [0.05, 0.1) is 13.7 Å². The van der Waals surface area contributed by atoms with Gasteiger partial charge in [-0.05, 0) is 17.0 Å². The van der Waals surface area contributed by atoms with E-state index < -0.39 is 23.7 Å². The maximum Gasteiger partial charge on any atom is 0.328 e. The van der Waals surface area contributed by atoms with E-state index in [0.717, 1.165) is 10.4 Å². The molecule has 1 amide bonds. The number of ether oxygens (including phenoxy) is 1. The molecule has 2 heterocycles. The molecule has 1 aliphatic rings. The number of methoxy groups -OCH3 is 1. The zero-order chi connectivity index (χ0) is 14.0. The minimum absolute atomic E-state index is 0.139. The second-order valence-electron chi connectivity index (χ2n) is 4.32. The highest BCUT2D eigenvalue weighted by Crippen LogP contribution is 2.28. The Bertz CT molecular complexity index is 522. The Morgan fingerprint density at radius 1 is 1.47 bits per heavy atom. The van der Waals surface area contributed by atoms with Crippen molar-refractivity contribution < 1.29 is 19.1 Å². The highest BCUT2D eigenvalue weighted by atomic mass is 32.1. The summed E-state index contributed by atoms with van der Waals surface area (Å²) in [5.41, 5.74) is 1.05. The largest absolute Gasteiger partial charge is 0.467 e. The van der Waals surface area contributed by atoms with Gasteiger partial charge >= 0.3 is 5.97 Å². The van der Waals surface area contributed by atoms with Crippen molar-refractivity contribution in [2.24, 2.45) is 0 Å². The lowest BCUT2D eigenvalue weighted by atomic mass is 9.99. The van der Waals surface area contributed by atoms with Gasteiger partial charge in [0.2, 0.25) is 5.78 Å². The van der Waals surface area contributed by atoms with Gasteiger partial charge in [0.25, 0.3) is 5.91 Å². The van der Waals surface area contributed by atoms with Crippen molar-refractivity contribution in [1.82, 2.24) is 4.90 Å². The van der Waals surface area contributed by atoms with Crippen LogP contribution in [-0.2, 0) is 32.1 Å². The van der Waals surface area contributed by atoms with Crippen LogP contribution in [0.1, 0.15) is 23.8 Å². The van der Waals surface area contributed by atoms with E-state index in [1.807, 2.05) is 11.4 Å². The first-order valence-electron chi connectivity index (χ1n) is 6.05. The number of amides is 1. The van der Waals surface area contributed by atoms with Gasteiger partial charge in [-0.1, -0.05) is 6.92 Å². The SMILES string of the molecule is CCC(=O)C(=O)N1Cc2sccc2CC1C(=O)OC. The van der Waals surface area contributed by atoms with Crippen molar-refractivity contribution in [2.75, 3.05) is 7.11 Å². The first kappa shape index (κ1) is 13.7. The molecule has 0 saturated heterocycles. The number of fused-ring (bicyclic) bond motifs is 1. The molecule has 0 aromatic carbocycles. The second-order valence-corrected chi connectivity index (χ2v) is 5.32. The average molecular weight is 281 g/mol. The Morgan fingerprint density at radius 3 is 2.84 bits per heavy atom. The molecule has 0 radical (unpaired) electrons. The Morgan fingerprint density at radius 2 is 2.21 bits per heavy atom. The molecule has 0 bridgehead atoms. The number of rotatable bonds is 3. The molecule has 0 spiro atoms. The summed E-state index contributed by atoms with van der Waals surface area (Å²) in [6, 6.07) is 1.24. The number of hydrogen-bond acceptors (Lipinski definition) is 5. The minimum atomic E-state index is -0.699. The number of carbonyl (C=O) groups excluding carboxylic acids is 3. The standard InChI is InChI=1S/C13H15NO4S/c1-3-10(15)12(16)14-7-11-8(4-5-19-11)6-9(14)13(17)18-2/h4-5,9H,3,6-7H2,1-2H3. The average Bonchev–Trinajstić information content (AvgIpc) is 2.90. The van der Waals surface area contributed by atoms with Crippen molar-refractivity contribution in [2.45, 2.75) is 32.4 Å². The normalized spacial score (nSPS) is 17.8.